The number of ether oxygens (including phenoxy) is 1. The summed E-state index contributed by atoms with van der Waals surface area (Å²) in [5.41, 5.74) is 5.07. The Labute approximate surface area is 170 Å². The van der Waals surface area contributed by atoms with Gasteiger partial charge in [-0.2, -0.15) is 5.26 Å². The Hall–Kier alpha value is -3.36. The first-order valence-corrected chi connectivity index (χ1v) is 8.72. The van der Waals surface area contributed by atoms with Crippen LogP contribution in [0.1, 0.15) is 28.0 Å². The van der Waals surface area contributed by atoms with Crippen LogP contribution in [0.5, 0.6) is 5.75 Å². The summed E-state index contributed by atoms with van der Waals surface area (Å²) in [6.45, 7) is -0.501. The lowest BCUT2D eigenvalue weighted by atomic mass is 10.1. The molecule has 3 aromatic rings. The van der Waals surface area contributed by atoms with Gasteiger partial charge in [-0.1, -0.05) is 0 Å². The lowest BCUT2D eigenvalue weighted by Crippen LogP contribution is -2.17. The highest BCUT2D eigenvalue weighted by atomic mass is 79.9. The second-order valence-corrected chi connectivity index (χ2v) is 6.36. The van der Waals surface area contributed by atoms with Crippen molar-refractivity contribution in [3.8, 4) is 23.1 Å². The third kappa shape index (κ3) is 4.23. The van der Waals surface area contributed by atoms with Crippen molar-refractivity contribution >= 4 is 21.8 Å². The van der Waals surface area contributed by atoms with Crippen LogP contribution >= 0.6 is 15.9 Å². The lowest BCUT2D eigenvalue weighted by Gasteiger charge is -2.11. The fourth-order valence-corrected chi connectivity index (χ4v) is 2.83. The van der Waals surface area contributed by atoms with Gasteiger partial charge < -0.3 is 20.0 Å². The van der Waals surface area contributed by atoms with E-state index in [1.807, 2.05) is 6.07 Å². The van der Waals surface area contributed by atoms with E-state index in [1.54, 1.807) is 6.07 Å². The van der Waals surface area contributed by atoms with E-state index in [0.717, 1.165) is 12.1 Å². The second-order valence-electron chi connectivity index (χ2n) is 5.64. The SMILES string of the molecule is N#Cc1ccc(-c2nc(C(O)COc3ccc(F)c(C(N)=O)c3F)oc2Br)cn1. The van der Waals surface area contributed by atoms with Crippen molar-refractivity contribution in [3.63, 3.8) is 0 Å². The quantitative estimate of drug-likeness (QED) is 0.572. The molecule has 1 aromatic carbocycles. The Bertz CT molecular complexity index is 1110. The van der Waals surface area contributed by atoms with Crippen molar-refractivity contribution in [2.45, 2.75) is 6.10 Å². The number of amides is 1. The highest BCUT2D eigenvalue weighted by Crippen LogP contribution is 2.31. The number of halogens is 3. The van der Waals surface area contributed by atoms with E-state index in [4.69, 9.17) is 20.1 Å². The van der Waals surface area contributed by atoms with Gasteiger partial charge in [0.25, 0.3) is 5.91 Å². The number of benzene rings is 1. The van der Waals surface area contributed by atoms with Crippen molar-refractivity contribution in [1.82, 2.24) is 9.97 Å². The molecule has 1 atom stereocenters. The monoisotopic (exact) mass is 464 g/mol. The van der Waals surface area contributed by atoms with Crippen molar-refractivity contribution < 1.29 is 27.8 Å². The number of primary amides is 1. The number of carbonyl (C=O) groups excluding carboxylic acids is 1. The van der Waals surface area contributed by atoms with Gasteiger partial charge in [0.15, 0.2) is 22.3 Å². The van der Waals surface area contributed by atoms with Crippen LogP contribution in [-0.4, -0.2) is 27.6 Å². The molecule has 29 heavy (non-hydrogen) atoms. The van der Waals surface area contributed by atoms with E-state index in [2.05, 4.69) is 25.9 Å². The van der Waals surface area contributed by atoms with Crippen LogP contribution in [0.25, 0.3) is 11.3 Å². The molecule has 0 saturated carbocycles. The zero-order valence-electron chi connectivity index (χ0n) is 14.4. The highest BCUT2D eigenvalue weighted by Gasteiger charge is 2.23. The van der Waals surface area contributed by atoms with Crippen molar-refractivity contribution in [2.75, 3.05) is 6.61 Å². The molecule has 148 valence electrons. The van der Waals surface area contributed by atoms with Gasteiger partial charge >= 0.3 is 0 Å². The first-order chi connectivity index (χ1) is 13.8. The van der Waals surface area contributed by atoms with Gasteiger partial charge in [-0.25, -0.2) is 18.7 Å². The number of aliphatic hydroxyl groups excluding tert-OH is 1. The van der Waals surface area contributed by atoms with E-state index in [9.17, 15) is 18.7 Å². The summed E-state index contributed by atoms with van der Waals surface area (Å²) < 4.78 is 38.3. The Morgan fingerprint density at radius 3 is 2.76 bits per heavy atom. The predicted octanol–water partition coefficient (Wildman–Crippen LogP) is 2.86. The van der Waals surface area contributed by atoms with E-state index >= 15 is 0 Å². The number of carbonyl (C=O) groups is 1. The van der Waals surface area contributed by atoms with Crippen LogP contribution in [0.3, 0.4) is 0 Å². The fraction of sp³-hybridized carbons (Fsp3) is 0.111. The molecule has 11 heteroatoms. The molecule has 0 saturated heterocycles. The molecule has 0 aliphatic carbocycles. The summed E-state index contributed by atoms with van der Waals surface area (Å²) in [5, 5.41) is 19.0. The van der Waals surface area contributed by atoms with E-state index in [0.29, 0.717) is 11.3 Å². The molecule has 3 rings (SSSR count). The summed E-state index contributed by atoms with van der Waals surface area (Å²) in [4.78, 5) is 19.2. The Kier molecular flexibility index (Phi) is 5.86. The van der Waals surface area contributed by atoms with Gasteiger partial charge in [0.1, 0.15) is 35.4 Å². The van der Waals surface area contributed by atoms with Gasteiger partial charge in [0, 0.05) is 11.8 Å². The molecular weight excluding hydrogens is 454 g/mol. The number of aromatic nitrogens is 2. The fourth-order valence-electron chi connectivity index (χ4n) is 2.35. The number of hydrogen-bond acceptors (Lipinski definition) is 7. The van der Waals surface area contributed by atoms with Crippen LogP contribution < -0.4 is 10.5 Å². The Balaban J connectivity index is 1.77. The molecule has 0 aliphatic heterocycles. The molecule has 0 bridgehead atoms. The summed E-state index contributed by atoms with van der Waals surface area (Å²) in [6.07, 6.45) is 0.000422. The molecular formula is C18H11BrF2N4O4. The number of pyridine rings is 1. The average Bonchev–Trinajstić information content (AvgIpc) is 3.09. The first kappa shape index (κ1) is 20.4. The minimum absolute atomic E-state index is 0.145. The van der Waals surface area contributed by atoms with Crippen LogP contribution in [0.4, 0.5) is 8.78 Å². The summed E-state index contributed by atoms with van der Waals surface area (Å²) in [5.74, 6) is -4.30. The van der Waals surface area contributed by atoms with Crippen LogP contribution in [0, 0.1) is 23.0 Å². The summed E-state index contributed by atoms with van der Waals surface area (Å²) in [7, 11) is 0. The molecule has 2 aromatic heterocycles. The molecule has 0 radical (unpaired) electrons. The molecule has 1 unspecified atom stereocenters. The first-order valence-electron chi connectivity index (χ1n) is 7.93. The number of oxazole rings is 1. The standard InChI is InChI=1S/C18H11BrF2N4O4/c19-16-15(8-1-2-9(5-22)24-6-8)25-18(29-16)11(26)7-28-12-4-3-10(20)13(14(12)21)17(23)27/h1-4,6,11,26H,7H2,(H2,23,27). The van der Waals surface area contributed by atoms with Crippen molar-refractivity contribution in [2.24, 2.45) is 5.73 Å². The van der Waals surface area contributed by atoms with E-state index < -0.39 is 41.6 Å². The number of nitrogens with two attached hydrogens (primary N) is 1. The van der Waals surface area contributed by atoms with E-state index in [-0.39, 0.29) is 16.3 Å². The van der Waals surface area contributed by atoms with Crippen LogP contribution in [0.15, 0.2) is 39.5 Å². The maximum Gasteiger partial charge on any atom is 0.254 e. The normalized spacial score (nSPS) is 11.7. The summed E-state index contributed by atoms with van der Waals surface area (Å²) >= 11 is 3.17. The third-order valence-corrected chi connectivity index (χ3v) is 4.28. The van der Waals surface area contributed by atoms with Gasteiger partial charge in [-0.15, -0.1) is 0 Å². The number of nitriles is 1. The largest absolute Gasteiger partial charge is 0.487 e. The molecule has 0 fully saturated rings. The molecule has 2 heterocycles. The van der Waals surface area contributed by atoms with Crippen molar-refractivity contribution in [3.05, 3.63) is 63.9 Å². The Morgan fingerprint density at radius 1 is 1.38 bits per heavy atom. The molecule has 1 amide bonds. The van der Waals surface area contributed by atoms with Crippen LogP contribution in [-0.2, 0) is 0 Å². The van der Waals surface area contributed by atoms with Crippen LogP contribution in [0.2, 0.25) is 0 Å². The molecule has 3 N–H and O–H groups in total. The topological polar surface area (TPSA) is 135 Å². The highest BCUT2D eigenvalue weighted by molar-refractivity contribution is 9.10. The molecule has 0 aliphatic rings. The van der Waals surface area contributed by atoms with Gasteiger partial charge in [-0.05, 0) is 40.2 Å². The molecule has 8 nitrogen and oxygen atoms in total. The minimum Gasteiger partial charge on any atom is -0.487 e. The minimum atomic E-state index is -1.41. The van der Waals surface area contributed by atoms with Crippen molar-refractivity contribution in [1.29, 1.82) is 5.26 Å². The maximum absolute atomic E-state index is 14.2. The lowest BCUT2D eigenvalue weighted by molar-refractivity contribution is 0.0811. The molecule has 0 spiro atoms. The number of nitrogens with zero attached hydrogens (tertiary/aromatic N) is 3. The number of hydrogen-bond donors (Lipinski definition) is 2. The van der Waals surface area contributed by atoms with E-state index in [1.165, 1.54) is 12.3 Å². The predicted molar refractivity (Wildman–Crippen MR) is 97.5 cm³/mol. The maximum atomic E-state index is 14.2. The summed E-state index contributed by atoms with van der Waals surface area (Å²) in [6, 6.07) is 6.76. The van der Waals surface area contributed by atoms with Gasteiger partial charge in [0.05, 0.1) is 0 Å². The number of rotatable bonds is 6. The smallest absolute Gasteiger partial charge is 0.254 e. The third-order valence-electron chi connectivity index (χ3n) is 3.74. The average molecular weight is 465 g/mol. The Morgan fingerprint density at radius 2 is 2.14 bits per heavy atom. The number of aliphatic hydroxyl groups is 1. The second kappa shape index (κ2) is 8.34. The zero-order chi connectivity index (χ0) is 21.1. The van der Waals surface area contributed by atoms with Gasteiger partial charge in [0.2, 0.25) is 5.89 Å². The van der Waals surface area contributed by atoms with Gasteiger partial charge in [-0.3, -0.25) is 4.79 Å². The zero-order valence-corrected chi connectivity index (χ0v) is 16.0.